The first-order valence-electron chi connectivity index (χ1n) is 4.70. The summed E-state index contributed by atoms with van der Waals surface area (Å²) in [5.41, 5.74) is 7.12. The SMILES string of the molecule is CSc1cccc(N)c1-c1nccc(=O)[nH]1. The second-order valence-corrected chi connectivity index (χ2v) is 4.06. The van der Waals surface area contributed by atoms with Crippen LogP contribution in [0.3, 0.4) is 0 Å². The predicted molar refractivity (Wildman–Crippen MR) is 66.5 cm³/mol. The van der Waals surface area contributed by atoms with E-state index in [1.54, 1.807) is 17.8 Å². The molecule has 0 spiro atoms. The van der Waals surface area contributed by atoms with Crippen LogP contribution in [0.1, 0.15) is 0 Å². The van der Waals surface area contributed by atoms with Crippen LogP contribution in [0, 0.1) is 0 Å². The largest absolute Gasteiger partial charge is 0.398 e. The van der Waals surface area contributed by atoms with Gasteiger partial charge in [0, 0.05) is 22.8 Å². The molecule has 0 amide bonds. The Bertz CT molecular complexity index is 565. The maximum Gasteiger partial charge on any atom is 0.251 e. The van der Waals surface area contributed by atoms with Gasteiger partial charge in [0.2, 0.25) is 0 Å². The summed E-state index contributed by atoms with van der Waals surface area (Å²) in [4.78, 5) is 19.0. The molecule has 0 saturated heterocycles. The van der Waals surface area contributed by atoms with Crippen molar-refractivity contribution in [2.24, 2.45) is 0 Å². The van der Waals surface area contributed by atoms with Crippen molar-refractivity contribution >= 4 is 17.4 Å². The molecule has 2 rings (SSSR count). The Morgan fingerprint density at radius 2 is 2.19 bits per heavy atom. The fraction of sp³-hybridized carbons (Fsp3) is 0.0909. The smallest absolute Gasteiger partial charge is 0.251 e. The van der Waals surface area contributed by atoms with Crippen LogP contribution in [0.15, 0.2) is 40.2 Å². The van der Waals surface area contributed by atoms with E-state index >= 15 is 0 Å². The topological polar surface area (TPSA) is 71.8 Å². The number of nitrogens with one attached hydrogen (secondary N) is 1. The van der Waals surface area contributed by atoms with Crippen LogP contribution in [0.25, 0.3) is 11.4 Å². The van der Waals surface area contributed by atoms with Crippen molar-refractivity contribution in [3.63, 3.8) is 0 Å². The summed E-state index contributed by atoms with van der Waals surface area (Å²) >= 11 is 1.57. The highest BCUT2D eigenvalue weighted by atomic mass is 32.2. The molecule has 5 heteroatoms. The Morgan fingerprint density at radius 3 is 2.88 bits per heavy atom. The van der Waals surface area contributed by atoms with Crippen LogP contribution in [-0.2, 0) is 0 Å². The van der Waals surface area contributed by atoms with Gasteiger partial charge in [0.05, 0.1) is 5.56 Å². The predicted octanol–water partition coefficient (Wildman–Crippen LogP) is 1.74. The standard InChI is InChI=1S/C11H11N3OS/c1-16-8-4-2-3-7(12)10(8)11-13-6-5-9(15)14-11/h2-6H,12H2,1H3,(H,13,14,15). The maximum atomic E-state index is 11.2. The van der Waals surface area contributed by atoms with Crippen molar-refractivity contribution in [3.05, 3.63) is 40.8 Å². The van der Waals surface area contributed by atoms with Crippen molar-refractivity contribution in [3.8, 4) is 11.4 Å². The number of nitrogens with zero attached hydrogens (tertiary/aromatic N) is 1. The third kappa shape index (κ3) is 1.94. The van der Waals surface area contributed by atoms with Crippen molar-refractivity contribution in [1.29, 1.82) is 0 Å². The number of benzene rings is 1. The lowest BCUT2D eigenvalue weighted by atomic mass is 10.1. The van der Waals surface area contributed by atoms with Crippen LogP contribution in [0.2, 0.25) is 0 Å². The van der Waals surface area contributed by atoms with E-state index in [1.807, 2.05) is 18.4 Å². The first-order chi connectivity index (χ1) is 7.72. The third-order valence-corrected chi connectivity index (χ3v) is 2.97. The number of hydrogen-bond donors (Lipinski definition) is 2. The Morgan fingerprint density at radius 1 is 1.38 bits per heavy atom. The molecular formula is C11H11N3OS. The van der Waals surface area contributed by atoms with Gasteiger partial charge in [0.15, 0.2) is 0 Å². The quantitative estimate of drug-likeness (QED) is 0.612. The molecule has 0 bridgehead atoms. The average Bonchev–Trinajstić information content (AvgIpc) is 2.28. The Kier molecular flexibility index (Phi) is 2.96. The average molecular weight is 233 g/mol. The van der Waals surface area contributed by atoms with Gasteiger partial charge in [-0.2, -0.15) is 0 Å². The lowest BCUT2D eigenvalue weighted by Crippen LogP contribution is -2.07. The molecule has 1 aromatic heterocycles. The molecule has 82 valence electrons. The van der Waals surface area contributed by atoms with Gasteiger partial charge in [-0.3, -0.25) is 4.79 Å². The van der Waals surface area contributed by atoms with Gasteiger partial charge in [-0.05, 0) is 18.4 Å². The molecule has 0 saturated carbocycles. The van der Waals surface area contributed by atoms with Crippen molar-refractivity contribution < 1.29 is 0 Å². The molecule has 0 atom stereocenters. The van der Waals surface area contributed by atoms with E-state index in [4.69, 9.17) is 5.73 Å². The molecule has 0 aliphatic rings. The van der Waals surface area contributed by atoms with Crippen LogP contribution in [0.4, 0.5) is 5.69 Å². The summed E-state index contributed by atoms with van der Waals surface area (Å²) in [5.74, 6) is 0.509. The number of H-pyrrole nitrogens is 1. The summed E-state index contributed by atoms with van der Waals surface area (Å²) in [5, 5.41) is 0. The number of thioether (sulfide) groups is 1. The molecule has 0 aliphatic heterocycles. The first kappa shape index (κ1) is 10.8. The molecule has 0 fully saturated rings. The Balaban J connectivity index is 2.67. The van der Waals surface area contributed by atoms with Crippen molar-refractivity contribution in [2.75, 3.05) is 12.0 Å². The van der Waals surface area contributed by atoms with Crippen LogP contribution < -0.4 is 11.3 Å². The third-order valence-electron chi connectivity index (χ3n) is 2.19. The number of aromatic amines is 1. The number of aromatic nitrogens is 2. The van der Waals surface area contributed by atoms with E-state index in [1.165, 1.54) is 12.3 Å². The van der Waals surface area contributed by atoms with E-state index in [0.717, 1.165) is 10.5 Å². The Labute approximate surface area is 96.9 Å². The number of nitrogens with two attached hydrogens (primary N) is 1. The molecule has 0 aliphatic carbocycles. The highest BCUT2D eigenvalue weighted by molar-refractivity contribution is 7.98. The number of hydrogen-bond acceptors (Lipinski definition) is 4. The lowest BCUT2D eigenvalue weighted by Gasteiger charge is -2.08. The van der Waals surface area contributed by atoms with Gasteiger partial charge in [-0.1, -0.05) is 6.07 Å². The summed E-state index contributed by atoms with van der Waals surface area (Å²) in [6, 6.07) is 7.00. The van der Waals surface area contributed by atoms with Crippen LogP contribution in [-0.4, -0.2) is 16.2 Å². The van der Waals surface area contributed by atoms with Crippen LogP contribution in [0.5, 0.6) is 0 Å². The minimum absolute atomic E-state index is 0.180. The maximum absolute atomic E-state index is 11.2. The van der Waals surface area contributed by atoms with Gasteiger partial charge >= 0.3 is 0 Å². The molecule has 1 aromatic carbocycles. The summed E-state index contributed by atoms with van der Waals surface area (Å²) in [6.07, 6.45) is 3.43. The molecule has 3 N–H and O–H groups in total. The molecule has 16 heavy (non-hydrogen) atoms. The lowest BCUT2D eigenvalue weighted by molar-refractivity contribution is 1.12. The molecular weight excluding hydrogens is 222 g/mol. The van der Waals surface area contributed by atoms with Crippen LogP contribution >= 0.6 is 11.8 Å². The molecule has 2 aromatic rings. The number of nitrogen functional groups attached to an aromatic ring is 1. The summed E-state index contributed by atoms with van der Waals surface area (Å²) in [7, 11) is 0. The highest BCUT2D eigenvalue weighted by Crippen LogP contribution is 2.32. The molecule has 0 unspecified atom stereocenters. The second-order valence-electron chi connectivity index (χ2n) is 3.21. The van der Waals surface area contributed by atoms with Gasteiger partial charge in [0.1, 0.15) is 5.82 Å². The Hall–Kier alpha value is -1.75. The zero-order chi connectivity index (χ0) is 11.5. The summed E-state index contributed by atoms with van der Waals surface area (Å²) < 4.78 is 0. The number of anilines is 1. The molecule has 4 nitrogen and oxygen atoms in total. The zero-order valence-electron chi connectivity index (χ0n) is 8.73. The van der Waals surface area contributed by atoms with E-state index in [0.29, 0.717) is 11.5 Å². The highest BCUT2D eigenvalue weighted by Gasteiger charge is 2.09. The minimum Gasteiger partial charge on any atom is -0.398 e. The van der Waals surface area contributed by atoms with Gasteiger partial charge in [-0.25, -0.2) is 4.98 Å². The fourth-order valence-electron chi connectivity index (χ4n) is 1.47. The van der Waals surface area contributed by atoms with Gasteiger partial charge in [-0.15, -0.1) is 11.8 Å². The minimum atomic E-state index is -0.180. The monoisotopic (exact) mass is 233 g/mol. The first-order valence-corrected chi connectivity index (χ1v) is 5.93. The van der Waals surface area contributed by atoms with Crippen molar-refractivity contribution in [1.82, 2.24) is 9.97 Å². The van der Waals surface area contributed by atoms with E-state index < -0.39 is 0 Å². The van der Waals surface area contributed by atoms with E-state index in [9.17, 15) is 4.79 Å². The number of rotatable bonds is 2. The van der Waals surface area contributed by atoms with E-state index in [2.05, 4.69) is 9.97 Å². The summed E-state index contributed by atoms with van der Waals surface area (Å²) in [6.45, 7) is 0. The fourth-order valence-corrected chi connectivity index (χ4v) is 2.10. The molecule has 0 radical (unpaired) electrons. The zero-order valence-corrected chi connectivity index (χ0v) is 9.54. The van der Waals surface area contributed by atoms with Gasteiger partial charge < -0.3 is 10.7 Å². The van der Waals surface area contributed by atoms with Crippen molar-refractivity contribution in [2.45, 2.75) is 4.90 Å². The normalized spacial score (nSPS) is 10.3. The second kappa shape index (κ2) is 4.40. The molecule has 1 heterocycles. The van der Waals surface area contributed by atoms with E-state index in [-0.39, 0.29) is 5.56 Å². The van der Waals surface area contributed by atoms with Gasteiger partial charge in [0.25, 0.3) is 5.56 Å².